The highest BCUT2D eigenvalue weighted by Gasteiger charge is 2.30. The minimum absolute atomic E-state index is 0.00537. The molecule has 0 aliphatic heterocycles. The third-order valence-electron chi connectivity index (χ3n) is 6.38. The van der Waals surface area contributed by atoms with Gasteiger partial charge in [0.1, 0.15) is 29.4 Å². The summed E-state index contributed by atoms with van der Waals surface area (Å²) in [6.07, 6.45) is 4.48. The number of nitriles is 2. The van der Waals surface area contributed by atoms with Gasteiger partial charge < -0.3 is 10.6 Å². The normalized spacial score (nSPS) is 14.4. The maximum atomic E-state index is 14.0. The first-order chi connectivity index (χ1) is 18.2. The van der Waals surface area contributed by atoms with Gasteiger partial charge in [0.25, 0.3) is 0 Å². The van der Waals surface area contributed by atoms with Crippen molar-refractivity contribution in [2.24, 2.45) is 5.34 Å². The second-order valence-electron chi connectivity index (χ2n) is 11.6. The Balaban J connectivity index is 0.000000222. The molecule has 6 nitrogen and oxygen atoms in total. The smallest absolute Gasteiger partial charge is 0.155 e. The van der Waals surface area contributed by atoms with Crippen molar-refractivity contribution in [2.75, 3.05) is 5.73 Å². The van der Waals surface area contributed by atoms with Gasteiger partial charge in [0, 0.05) is 21.3 Å². The molecule has 0 amide bonds. The standard InChI is InChI=1S/C13H13BrFN.C13H15FN2.C4H9NO2/c1-7(2)11-12(14)10(8-3-4-8)5-9(6-16)13(11)15;1-7(2)11-12(14)9(6-15)5-10(13(11)16)8-3-4-8;1-4(2,3)7-5-6/h5,7-8H,3-4H2,1-2H3;5,7-8H,3-4,16H2,1-2H3;1-3H3. The summed E-state index contributed by atoms with van der Waals surface area (Å²) in [5.74, 6) is 0.226. The van der Waals surface area contributed by atoms with E-state index in [1.165, 1.54) is 0 Å². The fraction of sp³-hybridized carbons (Fsp3) is 0.533. The van der Waals surface area contributed by atoms with Crippen LogP contribution in [0.2, 0.25) is 0 Å². The molecule has 0 saturated heterocycles. The van der Waals surface area contributed by atoms with Gasteiger partial charge in [0.05, 0.1) is 11.1 Å². The summed E-state index contributed by atoms with van der Waals surface area (Å²) < 4.78 is 28.8. The molecule has 0 spiro atoms. The molecule has 0 atom stereocenters. The van der Waals surface area contributed by atoms with E-state index in [2.05, 4.69) is 26.1 Å². The van der Waals surface area contributed by atoms with Crippen LogP contribution in [-0.2, 0) is 4.84 Å². The van der Waals surface area contributed by atoms with Crippen molar-refractivity contribution in [3.05, 3.63) is 66.5 Å². The second-order valence-corrected chi connectivity index (χ2v) is 12.4. The summed E-state index contributed by atoms with van der Waals surface area (Å²) in [5.41, 5.74) is 9.62. The van der Waals surface area contributed by atoms with Gasteiger partial charge in [-0.3, -0.25) is 0 Å². The minimum Gasteiger partial charge on any atom is -0.398 e. The predicted molar refractivity (Wildman–Crippen MR) is 153 cm³/mol. The molecule has 0 aromatic heterocycles. The fourth-order valence-electron chi connectivity index (χ4n) is 4.16. The average molecular weight is 604 g/mol. The van der Waals surface area contributed by atoms with Gasteiger partial charge in [0.2, 0.25) is 0 Å². The first kappa shape index (κ1) is 32.2. The zero-order chi connectivity index (χ0) is 29.7. The molecule has 2 aliphatic carbocycles. The van der Waals surface area contributed by atoms with Crippen LogP contribution in [0.15, 0.2) is 21.9 Å². The van der Waals surface area contributed by atoms with E-state index in [0.717, 1.165) is 41.3 Å². The van der Waals surface area contributed by atoms with E-state index in [4.69, 9.17) is 16.3 Å². The van der Waals surface area contributed by atoms with Crippen molar-refractivity contribution in [2.45, 2.75) is 103 Å². The van der Waals surface area contributed by atoms with E-state index in [-0.39, 0.29) is 28.8 Å². The number of anilines is 1. The molecule has 0 unspecified atom stereocenters. The lowest BCUT2D eigenvalue weighted by atomic mass is 9.93. The Labute approximate surface area is 238 Å². The molecule has 0 bridgehead atoms. The molecule has 0 heterocycles. The molecule has 0 radical (unpaired) electrons. The van der Waals surface area contributed by atoms with E-state index < -0.39 is 11.4 Å². The van der Waals surface area contributed by atoms with Gasteiger partial charge in [-0.05, 0) is 93.4 Å². The Bertz CT molecular complexity index is 1190. The topological polar surface area (TPSA) is 112 Å². The van der Waals surface area contributed by atoms with Crippen LogP contribution in [0.3, 0.4) is 0 Å². The second kappa shape index (κ2) is 13.3. The largest absolute Gasteiger partial charge is 0.398 e. The summed E-state index contributed by atoms with van der Waals surface area (Å²) in [6.45, 7) is 13.0. The van der Waals surface area contributed by atoms with Crippen LogP contribution in [0.25, 0.3) is 0 Å². The number of nitrogens with zero attached hydrogens (tertiary/aromatic N) is 3. The maximum Gasteiger partial charge on any atom is 0.155 e. The van der Waals surface area contributed by atoms with Crippen LogP contribution in [0.5, 0.6) is 0 Å². The molecule has 2 N–H and O–H groups in total. The SMILES string of the molecule is CC(C)(C)ON=O.CC(C)c1c(F)c(C#N)cc(C2CC2)c1Br.CC(C)c1c(N)c(C2CC2)cc(C#N)c1F. The minimum atomic E-state index is -0.445. The highest BCUT2D eigenvalue weighted by atomic mass is 79.9. The van der Waals surface area contributed by atoms with Crippen molar-refractivity contribution in [1.82, 2.24) is 0 Å². The van der Waals surface area contributed by atoms with Crippen LogP contribution in [-0.4, -0.2) is 5.60 Å². The number of nitrogen functional groups attached to an aromatic ring is 1. The molecule has 2 aromatic carbocycles. The van der Waals surface area contributed by atoms with Crippen LogP contribution in [0.1, 0.15) is 131 Å². The number of hydrogen-bond acceptors (Lipinski definition) is 6. The van der Waals surface area contributed by atoms with Gasteiger partial charge in [-0.25, -0.2) is 8.78 Å². The lowest BCUT2D eigenvalue weighted by molar-refractivity contribution is -0.00229. The Morgan fingerprint density at radius 2 is 1.33 bits per heavy atom. The summed E-state index contributed by atoms with van der Waals surface area (Å²) in [7, 11) is 0. The summed E-state index contributed by atoms with van der Waals surface area (Å²) >= 11 is 3.49. The fourth-order valence-corrected chi connectivity index (χ4v) is 5.23. The van der Waals surface area contributed by atoms with Crippen LogP contribution in [0.4, 0.5) is 14.5 Å². The predicted octanol–water partition coefficient (Wildman–Crippen LogP) is 9.22. The van der Waals surface area contributed by atoms with Gasteiger partial charge in [-0.1, -0.05) is 43.6 Å². The van der Waals surface area contributed by atoms with E-state index in [1.54, 1.807) is 32.9 Å². The highest BCUT2D eigenvalue weighted by Crippen LogP contribution is 2.47. The van der Waals surface area contributed by atoms with Gasteiger partial charge >= 0.3 is 0 Å². The molecule has 210 valence electrons. The summed E-state index contributed by atoms with van der Waals surface area (Å²) in [4.78, 5) is 13.6. The zero-order valence-electron chi connectivity index (χ0n) is 23.7. The van der Waals surface area contributed by atoms with Crippen LogP contribution >= 0.6 is 15.9 Å². The first-order valence-electron chi connectivity index (χ1n) is 13.1. The van der Waals surface area contributed by atoms with Crippen molar-refractivity contribution in [3.8, 4) is 12.1 Å². The molecule has 39 heavy (non-hydrogen) atoms. The Morgan fingerprint density at radius 3 is 1.67 bits per heavy atom. The lowest BCUT2D eigenvalue weighted by Crippen LogP contribution is -2.14. The number of nitrogens with two attached hydrogens (primary N) is 1. The van der Waals surface area contributed by atoms with E-state index >= 15 is 0 Å². The highest BCUT2D eigenvalue weighted by molar-refractivity contribution is 9.10. The van der Waals surface area contributed by atoms with Gasteiger partial charge in [-0.2, -0.15) is 10.5 Å². The summed E-state index contributed by atoms with van der Waals surface area (Å²) in [5, 5.41) is 20.1. The average Bonchev–Trinajstić information content (AvgIpc) is 3.73. The molecular weight excluding hydrogens is 566 g/mol. The molecule has 9 heteroatoms. The van der Waals surface area contributed by atoms with Crippen molar-refractivity contribution in [1.29, 1.82) is 10.5 Å². The van der Waals surface area contributed by atoms with E-state index in [1.807, 2.05) is 39.8 Å². The zero-order valence-corrected chi connectivity index (χ0v) is 25.2. The van der Waals surface area contributed by atoms with Crippen molar-refractivity contribution >= 4 is 21.6 Å². The quantitative estimate of drug-likeness (QED) is 0.208. The molecule has 2 fully saturated rings. The Kier molecular flexibility index (Phi) is 11.0. The lowest BCUT2D eigenvalue weighted by Gasteiger charge is -2.15. The van der Waals surface area contributed by atoms with E-state index in [9.17, 15) is 13.7 Å². The van der Waals surface area contributed by atoms with Gasteiger partial charge in [0.15, 0.2) is 5.34 Å². The van der Waals surface area contributed by atoms with E-state index in [0.29, 0.717) is 28.7 Å². The maximum absolute atomic E-state index is 14.0. The molecule has 2 aliphatic rings. The number of halogens is 3. The number of rotatable bonds is 5. The van der Waals surface area contributed by atoms with Gasteiger partial charge in [-0.15, -0.1) is 4.91 Å². The number of hydrogen-bond donors (Lipinski definition) is 1. The van der Waals surface area contributed by atoms with Crippen molar-refractivity contribution in [3.63, 3.8) is 0 Å². The van der Waals surface area contributed by atoms with Crippen LogP contribution < -0.4 is 5.73 Å². The summed E-state index contributed by atoms with van der Waals surface area (Å²) in [6, 6.07) is 7.17. The molecular formula is C30H37BrF2N4O2. The molecule has 2 saturated carbocycles. The third-order valence-corrected chi connectivity index (χ3v) is 7.26. The molecule has 4 rings (SSSR count). The van der Waals surface area contributed by atoms with Crippen molar-refractivity contribution < 1.29 is 13.6 Å². The number of benzene rings is 2. The Hall–Kier alpha value is -3.04. The molecule has 2 aromatic rings. The van der Waals surface area contributed by atoms with Crippen LogP contribution in [0, 0.1) is 39.2 Å². The Morgan fingerprint density at radius 1 is 0.923 bits per heavy atom. The first-order valence-corrected chi connectivity index (χ1v) is 13.9. The monoisotopic (exact) mass is 602 g/mol. The third kappa shape index (κ3) is 8.47.